The van der Waals surface area contributed by atoms with Gasteiger partial charge in [0.25, 0.3) is 0 Å². The number of rotatable bonds is 8. The number of carbonyl (C=O) groups is 2. The highest BCUT2D eigenvalue weighted by atomic mass is 32.2. The Bertz CT molecular complexity index is 794. The third-order valence-electron chi connectivity index (χ3n) is 3.91. The number of ketones is 1. The molecule has 0 bridgehead atoms. The molecule has 7 heteroatoms. The van der Waals surface area contributed by atoms with Gasteiger partial charge in [0.1, 0.15) is 5.82 Å². The highest BCUT2D eigenvalue weighted by molar-refractivity contribution is 7.99. The fourth-order valence-electron chi connectivity index (χ4n) is 2.47. The minimum Gasteiger partial charge on any atom is -0.325 e. The van der Waals surface area contributed by atoms with E-state index >= 15 is 0 Å². The molecular formula is C18H20N4O2S. The van der Waals surface area contributed by atoms with Gasteiger partial charge in [0.2, 0.25) is 5.91 Å². The molecule has 0 aliphatic heterocycles. The van der Waals surface area contributed by atoms with Gasteiger partial charge in [0.15, 0.2) is 10.9 Å². The number of benzene rings is 1. The van der Waals surface area contributed by atoms with Crippen molar-refractivity contribution < 1.29 is 9.59 Å². The summed E-state index contributed by atoms with van der Waals surface area (Å²) in [6.07, 6.45) is 4.11. The van der Waals surface area contributed by atoms with Crippen molar-refractivity contribution in [3.63, 3.8) is 0 Å². The van der Waals surface area contributed by atoms with E-state index in [1.807, 2.05) is 10.6 Å². The first-order chi connectivity index (χ1) is 12.1. The fourth-order valence-corrected chi connectivity index (χ4v) is 3.22. The normalized spacial score (nSPS) is 13.5. The number of hydrogen-bond acceptors (Lipinski definition) is 5. The van der Waals surface area contributed by atoms with Crippen molar-refractivity contribution in [2.75, 3.05) is 11.1 Å². The Morgan fingerprint density at radius 2 is 2.04 bits per heavy atom. The maximum atomic E-state index is 12.2. The molecular weight excluding hydrogens is 336 g/mol. The van der Waals surface area contributed by atoms with Crippen LogP contribution in [0.5, 0.6) is 0 Å². The zero-order chi connectivity index (χ0) is 17.8. The molecule has 2 aromatic rings. The van der Waals surface area contributed by atoms with E-state index < -0.39 is 0 Å². The van der Waals surface area contributed by atoms with Crippen molar-refractivity contribution in [1.82, 2.24) is 14.8 Å². The molecule has 3 rings (SSSR count). The van der Waals surface area contributed by atoms with Crippen molar-refractivity contribution in [3.8, 4) is 0 Å². The molecule has 1 fully saturated rings. The SMILES string of the molecule is C=CCn1c(SCC(=O)Nc2ccc(C(C)=O)cc2)nnc1C1CC1. The number of nitrogens with one attached hydrogen (secondary N) is 1. The number of hydrogen-bond donors (Lipinski definition) is 1. The topological polar surface area (TPSA) is 76.9 Å². The Kier molecular flexibility index (Phi) is 5.33. The number of carbonyl (C=O) groups excluding carboxylic acids is 2. The van der Waals surface area contributed by atoms with Crippen LogP contribution in [0, 0.1) is 0 Å². The molecule has 0 unspecified atom stereocenters. The van der Waals surface area contributed by atoms with Crippen molar-refractivity contribution in [2.24, 2.45) is 0 Å². The molecule has 0 saturated heterocycles. The van der Waals surface area contributed by atoms with Gasteiger partial charge in [0.05, 0.1) is 5.75 Å². The van der Waals surface area contributed by atoms with E-state index in [1.54, 1.807) is 24.3 Å². The van der Waals surface area contributed by atoms with Crippen LogP contribution in [0.25, 0.3) is 0 Å². The molecule has 1 aromatic heterocycles. The van der Waals surface area contributed by atoms with Crippen LogP contribution < -0.4 is 5.32 Å². The average Bonchev–Trinajstić information content (AvgIpc) is 3.36. The number of Topliss-reactive ketones (excluding diaryl/α,β-unsaturated/α-hetero) is 1. The molecule has 1 amide bonds. The molecule has 6 nitrogen and oxygen atoms in total. The number of anilines is 1. The average molecular weight is 356 g/mol. The number of nitrogens with zero attached hydrogens (tertiary/aromatic N) is 3. The summed E-state index contributed by atoms with van der Waals surface area (Å²) in [5, 5.41) is 12.0. The number of thioether (sulfide) groups is 1. The Morgan fingerprint density at radius 1 is 1.32 bits per heavy atom. The van der Waals surface area contributed by atoms with Gasteiger partial charge in [-0.3, -0.25) is 9.59 Å². The smallest absolute Gasteiger partial charge is 0.234 e. The first kappa shape index (κ1) is 17.4. The Morgan fingerprint density at radius 3 is 2.64 bits per heavy atom. The van der Waals surface area contributed by atoms with Crippen LogP contribution in [0.4, 0.5) is 5.69 Å². The monoisotopic (exact) mass is 356 g/mol. The standard InChI is InChI=1S/C18H20N4O2S/c1-3-10-22-17(14-4-5-14)20-21-18(22)25-11-16(24)19-15-8-6-13(7-9-15)12(2)23/h3,6-9,14H,1,4-5,10-11H2,2H3,(H,19,24). The molecule has 1 aromatic carbocycles. The Labute approximate surface area is 150 Å². The molecule has 0 radical (unpaired) electrons. The number of amides is 1. The molecule has 0 atom stereocenters. The minimum absolute atomic E-state index is 0.00135. The van der Waals surface area contributed by atoms with Crippen LogP contribution in [0.3, 0.4) is 0 Å². The van der Waals surface area contributed by atoms with Crippen LogP contribution in [-0.4, -0.2) is 32.2 Å². The van der Waals surface area contributed by atoms with Gasteiger partial charge in [-0.25, -0.2) is 0 Å². The van der Waals surface area contributed by atoms with E-state index in [4.69, 9.17) is 0 Å². The van der Waals surface area contributed by atoms with E-state index in [0.29, 0.717) is 23.7 Å². The summed E-state index contributed by atoms with van der Waals surface area (Å²) >= 11 is 1.36. The predicted molar refractivity (Wildman–Crippen MR) is 98.0 cm³/mol. The Balaban J connectivity index is 1.58. The third-order valence-corrected chi connectivity index (χ3v) is 4.87. The largest absolute Gasteiger partial charge is 0.325 e. The fraction of sp³-hybridized carbons (Fsp3) is 0.333. The van der Waals surface area contributed by atoms with Crippen LogP contribution in [-0.2, 0) is 11.3 Å². The highest BCUT2D eigenvalue weighted by Crippen LogP contribution is 2.40. The van der Waals surface area contributed by atoms with Crippen molar-refractivity contribution >= 4 is 29.1 Å². The molecule has 1 aliphatic carbocycles. The molecule has 0 spiro atoms. The summed E-state index contributed by atoms with van der Waals surface area (Å²) in [5.74, 6) is 1.61. The number of allylic oxidation sites excluding steroid dienone is 1. The van der Waals surface area contributed by atoms with Crippen molar-refractivity contribution in [3.05, 3.63) is 48.3 Å². The van der Waals surface area contributed by atoms with Gasteiger partial charge in [-0.05, 0) is 44.0 Å². The van der Waals surface area contributed by atoms with Crippen molar-refractivity contribution in [1.29, 1.82) is 0 Å². The molecule has 1 saturated carbocycles. The second-order valence-corrected chi connectivity index (χ2v) is 6.93. The molecule has 25 heavy (non-hydrogen) atoms. The van der Waals surface area contributed by atoms with Gasteiger partial charge in [-0.2, -0.15) is 0 Å². The van der Waals surface area contributed by atoms with Crippen LogP contribution in [0.1, 0.15) is 41.9 Å². The first-order valence-electron chi connectivity index (χ1n) is 8.16. The maximum Gasteiger partial charge on any atom is 0.234 e. The van der Waals surface area contributed by atoms with Gasteiger partial charge < -0.3 is 9.88 Å². The second-order valence-electron chi connectivity index (χ2n) is 5.98. The molecule has 130 valence electrons. The first-order valence-corrected chi connectivity index (χ1v) is 9.14. The van der Waals surface area contributed by atoms with Gasteiger partial charge in [0, 0.05) is 23.7 Å². The minimum atomic E-state index is -0.123. The second kappa shape index (κ2) is 7.65. The predicted octanol–water partition coefficient (Wildman–Crippen LogP) is 3.27. The third kappa shape index (κ3) is 4.36. The van der Waals surface area contributed by atoms with E-state index in [1.165, 1.54) is 18.7 Å². The molecule has 1 N–H and O–H groups in total. The van der Waals surface area contributed by atoms with E-state index in [0.717, 1.165) is 23.8 Å². The van der Waals surface area contributed by atoms with Gasteiger partial charge in [-0.1, -0.05) is 17.8 Å². The van der Waals surface area contributed by atoms with Crippen molar-refractivity contribution in [2.45, 2.75) is 37.4 Å². The van der Waals surface area contributed by atoms with Gasteiger partial charge in [-0.15, -0.1) is 16.8 Å². The Hall–Kier alpha value is -2.41. The molecule has 1 aliphatic rings. The zero-order valence-corrected chi connectivity index (χ0v) is 14.9. The lowest BCUT2D eigenvalue weighted by Crippen LogP contribution is -2.15. The van der Waals surface area contributed by atoms with Crippen LogP contribution in [0.2, 0.25) is 0 Å². The lowest BCUT2D eigenvalue weighted by atomic mass is 10.1. The highest BCUT2D eigenvalue weighted by Gasteiger charge is 2.30. The van der Waals surface area contributed by atoms with E-state index in [-0.39, 0.29) is 17.4 Å². The maximum absolute atomic E-state index is 12.2. The quantitative estimate of drug-likeness (QED) is 0.446. The van der Waals surface area contributed by atoms with E-state index in [9.17, 15) is 9.59 Å². The van der Waals surface area contributed by atoms with Crippen LogP contribution in [0.15, 0.2) is 42.1 Å². The zero-order valence-electron chi connectivity index (χ0n) is 14.1. The molecule has 1 heterocycles. The summed E-state index contributed by atoms with van der Waals surface area (Å²) in [4.78, 5) is 23.4. The van der Waals surface area contributed by atoms with Gasteiger partial charge >= 0.3 is 0 Å². The lowest BCUT2D eigenvalue weighted by Gasteiger charge is -2.08. The summed E-state index contributed by atoms with van der Waals surface area (Å²) in [5.41, 5.74) is 1.29. The summed E-state index contributed by atoms with van der Waals surface area (Å²) in [6, 6.07) is 6.86. The number of aromatic nitrogens is 3. The lowest BCUT2D eigenvalue weighted by molar-refractivity contribution is -0.113. The summed E-state index contributed by atoms with van der Waals surface area (Å²) < 4.78 is 2.03. The van der Waals surface area contributed by atoms with E-state index in [2.05, 4.69) is 22.1 Å². The summed E-state index contributed by atoms with van der Waals surface area (Å²) in [6.45, 7) is 5.94. The summed E-state index contributed by atoms with van der Waals surface area (Å²) in [7, 11) is 0. The van der Waals surface area contributed by atoms with Crippen LogP contribution >= 0.6 is 11.8 Å².